The number of hydrogen-bond acceptors (Lipinski definition) is 3. The Morgan fingerprint density at radius 3 is 3.06 bits per heavy atom. The molecule has 1 aromatic heterocycles. The van der Waals surface area contributed by atoms with Gasteiger partial charge < -0.3 is 10.2 Å². The van der Waals surface area contributed by atoms with Gasteiger partial charge in [-0.05, 0) is 32.4 Å². The molecule has 0 saturated carbocycles. The van der Waals surface area contributed by atoms with Gasteiger partial charge >= 0.3 is 0 Å². The second kappa shape index (κ2) is 4.97. The molecule has 4 nitrogen and oxygen atoms in total. The molecule has 3 atom stereocenters. The van der Waals surface area contributed by atoms with Gasteiger partial charge in [0.15, 0.2) is 0 Å². The Balaban J connectivity index is 1.85. The molecule has 1 aliphatic heterocycles. The van der Waals surface area contributed by atoms with E-state index < -0.39 is 0 Å². The van der Waals surface area contributed by atoms with Gasteiger partial charge in [-0.25, -0.2) is 0 Å². The van der Waals surface area contributed by atoms with Crippen LogP contribution in [0.4, 0.5) is 0 Å². The second-order valence-electron chi connectivity index (χ2n) is 5.07. The van der Waals surface area contributed by atoms with E-state index in [-0.39, 0.29) is 0 Å². The summed E-state index contributed by atoms with van der Waals surface area (Å²) in [7, 11) is 2.21. The van der Waals surface area contributed by atoms with Gasteiger partial charge in [0.25, 0.3) is 0 Å². The molecule has 0 radical (unpaired) electrons. The number of aromatic nitrogens is 2. The normalized spacial score (nSPS) is 31.8. The van der Waals surface area contributed by atoms with Crippen LogP contribution in [-0.2, 0) is 6.54 Å². The van der Waals surface area contributed by atoms with Crippen molar-refractivity contribution in [2.24, 2.45) is 5.92 Å². The van der Waals surface area contributed by atoms with Crippen LogP contribution in [0.1, 0.15) is 26.0 Å². The maximum Gasteiger partial charge on any atom is 0.0490 e. The molecule has 0 amide bonds. The third-order valence-electron chi connectivity index (χ3n) is 3.72. The van der Waals surface area contributed by atoms with E-state index in [4.69, 9.17) is 0 Å². The van der Waals surface area contributed by atoms with Crippen molar-refractivity contribution in [3.63, 3.8) is 0 Å². The van der Waals surface area contributed by atoms with Gasteiger partial charge in [0.2, 0.25) is 0 Å². The molecule has 1 fully saturated rings. The lowest BCUT2D eigenvalue weighted by Crippen LogP contribution is -2.50. The molecule has 16 heavy (non-hydrogen) atoms. The Morgan fingerprint density at radius 1 is 1.56 bits per heavy atom. The molecule has 0 aromatic carbocycles. The van der Waals surface area contributed by atoms with Crippen LogP contribution in [0.3, 0.4) is 0 Å². The average molecular weight is 222 g/mol. The Morgan fingerprint density at radius 2 is 2.38 bits per heavy atom. The molecule has 1 aromatic rings. The number of rotatable bonds is 3. The fourth-order valence-electron chi connectivity index (χ4n) is 2.45. The standard InChI is InChI=1S/C12H22N4/c1-9-8-16(3)10(2)6-12(9)13-7-11-4-5-14-15-11/h4-5,9-10,12-13H,6-8H2,1-3H3,(H,14,15). The van der Waals surface area contributed by atoms with E-state index in [1.165, 1.54) is 18.7 Å². The molecule has 90 valence electrons. The third kappa shape index (κ3) is 2.62. The SMILES string of the molecule is CC1CN(C)C(C)CC1NCc1ccn[nH]1. The zero-order chi connectivity index (χ0) is 11.5. The number of likely N-dealkylation sites (tertiary alicyclic amines) is 1. The highest BCUT2D eigenvalue weighted by Gasteiger charge is 2.28. The summed E-state index contributed by atoms with van der Waals surface area (Å²) in [6.07, 6.45) is 3.03. The van der Waals surface area contributed by atoms with Gasteiger partial charge in [-0.15, -0.1) is 0 Å². The number of hydrogen-bond donors (Lipinski definition) is 2. The van der Waals surface area contributed by atoms with Gasteiger partial charge in [-0.3, -0.25) is 5.10 Å². The van der Waals surface area contributed by atoms with Gasteiger partial charge in [0.05, 0.1) is 0 Å². The lowest BCUT2D eigenvalue weighted by Gasteiger charge is -2.40. The largest absolute Gasteiger partial charge is 0.308 e. The minimum atomic E-state index is 0.620. The Labute approximate surface area is 97.4 Å². The molecule has 3 unspecified atom stereocenters. The zero-order valence-corrected chi connectivity index (χ0v) is 10.4. The summed E-state index contributed by atoms with van der Waals surface area (Å²) in [5, 5.41) is 10.6. The highest BCUT2D eigenvalue weighted by atomic mass is 15.2. The molecule has 0 aliphatic carbocycles. The summed E-state index contributed by atoms with van der Waals surface area (Å²) in [6, 6.07) is 3.32. The van der Waals surface area contributed by atoms with Crippen LogP contribution in [0.25, 0.3) is 0 Å². The van der Waals surface area contributed by atoms with Crippen molar-refractivity contribution in [3.8, 4) is 0 Å². The van der Waals surface area contributed by atoms with Crippen molar-refractivity contribution in [2.45, 2.75) is 38.9 Å². The smallest absolute Gasteiger partial charge is 0.0490 e. The predicted molar refractivity (Wildman–Crippen MR) is 65.1 cm³/mol. The Kier molecular flexibility index (Phi) is 3.61. The quantitative estimate of drug-likeness (QED) is 0.808. The van der Waals surface area contributed by atoms with Crippen molar-refractivity contribution >= 4 is 0 Å². The molecule has 1 aliphatic rings. The maximum atomic E-state index is 3.96. The first-order chi connectivity index (χ1) is 7.66. The first-order valence-electron chi connectivity index (χ1n) is 6.08. The zero-order valence-electron chi connectivity index (χ0n) is 10.4. The van der Waals surface area contributed by atoms with Gasteiger partial charge in [0, 0.05) is 37.1 Å². The van der Waals surface area contributed by atoms with Crippen LogP contribution >= 0.6 is 0 Å². The molecular weight excluding hydrogens is 200 g/mol. The van der Waals surface area contributed by atoms with E-state index in [9.17, 15) is 0 Å². The number of nitrogens with one attached hydrogen (secondary N) is 2. The van der Waals surface area contributed by atoms with Crippen molar-refractivity contribution in [1.82, 2.24) is 20.4 Å². The molecule has 2 rings (SSSR count). The fraction of sp³-hybridized carbons (Fsp3) is 0.750. The molecule has 1 saturated heterocycles. The summed E-state index contributed by atoms with van der Waals surface area (Å²) < 4.78 is 0. The first-order valence-corrected chi connectivity index (χ1v) is 6.08. The molecule has 0 spiro atoms. The summed E-state index contributed by atoms with van der Waals surface area (Å²) in [5.74, 6) is 0.712. The topological polar surface area (TPSA) is 44.0 Å². The Bertz CT molecular complexity index is 309. The minimum Gasteiger partial charge on any atom is -0.308 e. The van der Waals surface area contributed by atoms with Crippen molar-refractivity contribution in [2.75, 3.05) is 13.6 Å². The number of aromatic amines is 1. The number of H-pyrrole nitrogens is 1. The van der Waals surface area contributed by atoms with E-state index in [0.29, 0.717) is 18.0 Å². The molecule has 2 heterocycles. The highest BCUT2D eigenvalue weighted by Crippen LogP contribution is 2.20. The molecular formula is C12H22N4. The number of nitrogens with zero attached hydrogens (tertiary/aromatic N) is 2. The highest BCUT2D eigenvalue weighted by molar-refractivity contribution is 4.98. The average Bonchev–Trinajstić information content (AvgIpc) is 2.74. The Hall–Kier alpha value is -0.870. The summed E-state index contributed by atoms with van der Waals surface area (Å²) in [6.45, 7) is 6.71. The van der Waals surface area contributed by atoms with Crippen molar-refractivity contribution < 1.29 is 0 Å². The summed E-state index contributed by atoms with van der Waals surface area (Å²) >= 11 is 0. The summed E-state index contributed by atoms with van der Waals surface area (Å²) in [5.41, 5.74) is 1.17. The van der Waals surface area contributed by atoms with E-state index in [1.807, 2.05) is 6.07 Å². The summed E-state index contributed by atoms with van der Waals surface area (Å²) in [4.78, 5) is 2.44. The van der Waals surface area contributed by atoms with Crippen molar-refractivity contribution in [3.05, 3.63) is 18.0 Å². The lowest BCUT2D eigenvalue weighted by molar-refractivity contribution is 0.121. The van der Waals surface area contributed by atoms with E-state index in [1.54, 1.807) is 6.20 Å². The van der Waals surface area contributed by atoms with Crippen LogP contribution in [-0.4, -0.2) is 40.8 Å². The van der Waals surface area contributed by atoms with Crippen molar-refractivity contribution in [1.29, 1.82) is 0 Å². The van der Waals surface area contributed by atoms with Gasteiger partial charge in [-0.1, -0.05) is 6.92 Å². The van der Waals surface area contributed by atoms with Crippen LogP contribution in [0.5, 0.6) is 0 Å². The van der Waals surface area contributed by atoms with E-state index in [2.05, 4.69) is 41.3 Å². The molecule has 0 bridgehead atoms. The van der Waals surface area contributed by atoms with Gasteiger partial charge in [0.1, 0.15) is 0 Å². The fourth-order valence-corrected chi connectivity index (χ4v) is 2.45. The van der Waals surface area contributed by atoms with E-state index in [0.717, 1.165) is 6.54 Å². The van der Waals surface area contributed by atoms with Crippen LogP contribution in [0.15, 0.2) is 12.3 Å². The third-order valence-corrected chi connectivity index (χ3v) is 3.72. The molecule has 2 N–H and O–H groups in total. The second-order valence-corrected chi connectivity index (χ2v) is 5.07. The molecule has 4 heteroatoms. The first kappa shape index (κ1) is 11.6. The van der Waals surface area contributed by atoms with Crippen LogP contribution in [0.2, 0.25) is 0 Å². The predicted octanol–water partition coefficient (Wildman–Crippen LogP) is 1.23. The maximum absolute atomic E-state index is 3.96. The van der Waals surface area contributed by atoms with Crippen LogP contribution < -0.4 is 5.32 Å². The lowest BCUT2D eigenvalue weighted by atomic mass is 9.90. The van der Waals surface area contributed by atoms with Gasteiger partial charge in [-0.2, -0.15) is 5.10 Å². The number of piperidine rings is 1. The van der Waals surface area contributed by atoms with Crippen LogP contribution in [0, 0.1) is 5.92 Å². The van der Waals surface area contributed by atoms with E-state index >= 15 is 0 Å². The minimum absolute atomic E-state index is 0.620. The monoisotopic (exact) mass is 222 g/mol.